The van der Waals surface area contributed by atoms with Crippen molar-refractivity contribution < 1.29 is 24.4 Å². The van der Waals surface area contributed by atoms with Crippen LogP contribution >= 0.6 is 0 Å². The molecular weight excluding hydrogens is 397 g/mol. The molecule has 31 heavy (non-hydrogen) atoms. The van der Waals surface area contributed by atoms with Crippen LogP contribution in [0.1, 0.15) is 51.3 Å². The van der Waals surface area contributed by atoms with E-state index in [4.69, 9.17) is 10.4 Å². The molecule has 9 heteroatoms. The fourth-order valence-electron chi connectivity index (χ4n) is 3.61. The van der Waals surface area contributed by atoms with Crippen LogP contribution < -0.4 is 21.0 Å². The van der Waals surface area contributed by atoms with Crippen molar-refractivity contribution in [3.05, 3.63) is 64.2 Å². The van der Waals surface area contributed by atoms with Crippen LogP contribution in [0.5, 0.6) is 5.75 Å². The molecule has 0 aromatic heterocycles. The summed E-state index contributed by atoms with van der Waals surface area (Å²) in [6.07, 6.45) is 0.977. The van der Waals surface area contributed by atoms with Gasteiger partial charge in [-0.3, -0.25) is 4.79 Å². The summed E-state index contributed by atoms with van der Waals surface area (Å²) in [4.78, 5) is 24.3. The third kappa shape index (κ3) is 5.44. The Hall–Kier alpha value is -2.88. The Morgan fingerprint density at radius 1 is 1.26 bits per heavy atom. The highest BCUT2D eigenvalue weighted by Gasteiger charge is 2.37. The van der Waals surface area contributed by atoms with Gasteiger partial charge < -0.3 is 31.2 Å². The molecule has 0 fully saturated rings. The van der Waals surface area contributed by atoms with E-state index in [0.29, 0.717) is 30.3 Å². The zero-order valence-electron chi connectivity index (χ0n) is 17.7. The first-order valence-corrected chi connectivity index (χ1v) is 10.4. The molecule has 6 N–H and O–H groups in total. The molecular formula is C22H28BN3O5. The molecule has 0 radical (unpaired) electrons. The number of carboxylic acids is 1. The number of benzene rings is 2. The van der Waals surface area contributed by atoms with E-state index in [1.165, 1.54) is 6.07 Å². The van der Waals surface area contributed by atoms with Gasteiger partial charge in [0.15, 0.2) is 0 Å². The maximum absolute atomic E-state index is 12.9. The zero-order valence-corrected chi connectivity index (χ0v) is 17.7. The number of fused-ring (bicyclic) bond motifs is 1. The molecule has 1 aliphatic rings. The Morgan fingerprint density at radius 3 is 2.71 bits per heavy atom. The van der Waals surface area contributed by atoms with Crippen molar-refractivity contribution in [3.8, 4) is 5.75 Å². The number of aromatic carboxylic acids is 1. The van der Waals surface area contributed by atoms with E-state index >= 15 is 0 Å². The highest BCUT2D eigenvalue weighted by molar-refractivity contribution is 6.47. The number of amides is 1. The minimum absolute atomic E-state index is 0.0147. The predicted molar refractivity (Wildman–Crippen MR) is 118 cm³/mol. The maximum Gasteiger partial charge on any atom is 0.547 e. The predicted octanol–water partition coefficient (Wildman–Crippen LogP) is 1.14. The lowest BCUT2D eigenvalue weighted by molar-refractivity contribution is 0.0693. The maximum atomic E-state index is 12.9. The van der Waals surface area contributed by atoms with Crippen molar-refractivity contribution in [3.63, 3.8) is 0 Å². The molecule has 0 aliphatic carbocycles. The lowest BCUT2D eigenvalue weighted by Crippen LogP contribution is -2.53. The summed E-state index contributed by atoms with van der Waals surface area (Å²) in [6, 6.07) is 10.5. The van der Waals surface area contributed by atoms with Crippen LogP contribution in [0.15, 0.2) is 36.4 Å². The minimum atomic E-state index is -1.35. The number of nitrogens with one attached hydrogen (secondary N) is 2. The quantitative estimate of drug-likeness (QED) is 0.401. The van der Waals surface area contributed by atoms with Crippen LogP contribution in [0.4, 0.5) is 0 Å². The molecule has 164 valence electrons. The Morgan fingerprint density at radius 2 is 2.03 bits per heavy atom. The molecule has 2 aromatic rings. The van der Waals surface area contributed by atoms with Crippen molar-refractivity contribution in [2.75, 3.05) is 6.54 Å². The summed E-state index contributed by atoms with van der Waals surface area (Å²) in [6.45, 7) is 5.24. The van der Waals surface area contributed by atoms with Crippen molar-refractivity contribution in [1.82, 2.24) is 10.6 Å². The summed E-state index contributed by atoms with van der Waals surface area (Å²) in [7, 11) is -1.35. The standard InChI is InChI=1S/C22H28BN3O5/c1-13(2)25-12-17-10-16(7-6-14(17)8-9-24)21(27)26-19-11-15-4-3-5-18(22(28)29)20(15)31-23(19)30/h3-7,10,13,19,25,30H,8-9,11-12,24H2,1-2H3,(H,26,27)(H,28,29)/t19-/m0/s1. The molecule has 1 aliphatic heterocycles. The normalized spacial score (nSPS) is 15.4. The average Bonchev–Trinajstić information content (AvgIpc) is 2.73. The second-order valence-electron chi connectivity index (χ2n) is 7.95. The van der Waals surface area contributed by atoms with Crippen molar-refractivity contribution >= 4 is 19.0 Å². The SMILES string of the molecule is CC(C)NCc1cc(C(=O)N[C@H]2Cc3cccc(C(=O)O)c3OB2O)ccc1CCN. The number of para-hydroxylation sites is 1. The molecule has 0 saturated heterocycles. The zero-order chi connectivity index (χ0) is 22.5. The van der Waals surface area contributed by atoms with Gasteiger partial charge in [-0.05, 0) is 54.3 Å². The number of carboxylic acid groups (broad SMARTS) is 1. The van der Waals surface area contributed by atoms with Crippen molar-refractivity contribution in [2.24, 2.45) is 5.73 Å². The molecule has 0 spiro atoms. The Bertz CT molecular complexity index is 966. The lowest BCUT2D eigenvalue weighted by atomic mass is 9.72. The first-order chi connectivity index (χ1) is 14.8. The van der Waals surface area contributed by atoms with Gasteiger partial charge in [0.25, 0.3) is 5.91 Å². The number of carbonyl (C=O) groups excluding carboxylic acids is 1. The molecule has 0 bridgehead atoms. The van der Waals surface area contributed by atoms with E-state index in [0.717, 1.165) is 17.5 Å². The third-order valence-corrected chi connectivity index (χ3v) is 5.25. The van der Waals surface area contributed by atoms with Gasteiger partial charge >= 0.3 is 13.1 Å². The van der Waals surface area contributed by atoms with Crippen LogP contribution in [-0.2, 0) is 19.4 Å². The Kier molecular flexibility index (Phi) is 7.32. The molecule has 8 nitrogen and oxygen atoms in total. The third-order valence-electron chi connectivity index (χ3n) is 5.25. The van der Waals surface area contributed by atoms with E-state index < -0.39 is 19.0 Å². The van der Waals surface area contributed by atoms with Gasteiger partial charge in [-0.25, -0.2) is 4.79 Å². The van der Waals surface area contributed by atoms with Crippen LogP contribution in [0.25, 0.3) is 0 Å². The van der Waals surface area contributed by atoms with Gasteiger partial charge in [-0.2, -0.15) is 0 Å². The van der Waals surface area contributed by atoms with Gasteiger partial charge in [0.05, 0.1) is 11.5 Å². The summed E-state index contributed by atoms with van der Waals surface area (Å²) < 4.78 is 5.45. The lowest BCUT2D eigenvalue weighted by Gasteiger charge is -2.29. The first-order valence-electron chi connectivity index (χ1n) is 10.4. The molecule has 3 rings (SSSR count). The summed E-state index contributed by atoms with van der Waals surface area (Å²) in [5, 5.41) is 25.9. The smallest absolute Gasteiger partial charge is 0.534 e. The Balaban J connectivity index is 1.77. The molecule has 1 atom stereocenters. The van der Waals surface area contributed by atoms with Crippen molar-refractivity contribution in [1.29, 1.82) is 0 Å². The number of hydrogen-bond acceptors (Lipinski definition) is 6. The summed E-state index contributed by atoms with van der Waals surface area (Å²) >= 11 is 0. The van der Waals surface area contributed by atoms with Gasteiger partial charge in [0, 0.05) is 18.2 Å². The van der Waals surface area contributed by atoms with E-state index in [1.54, 1.807) is 18.2 Å². The van der Waals surface area contributed by atoms with E-state index in [-0.39, 0.29) is 23.6 Å². The molecule has 0 unspecified atom stereocenters. The van der Waals surface area contributed by atoms with E-state index in [9.17, 15) is 19.7 Å². The summed E-state index contributed by atoms with van der Waals surface area (Å²) in [5.41, 5.74) is 8.88. The van der Waals surface area contributed by atoms with E-state index in [1.807, 2.05) is 12.1 Å². The first kappa shape index (κ1) is 22.8. The topological polar surface area (TPSA) is 134 Å². The average molecular weight is 425 g/mol. The fourth-order valence-corrected chi connectivity index (χ4v) is 3.61. The number of carbonyl (C=O) groups is 2. The fraction of sp³-hybridized carbons (Fsp3) is 0.364. The van der Waals surface area contributed by atoms with E-state index in [2.05, 4.69) is 24.5 Å². The summed E-state index contributed by atoms with van der Waals surface area (Å²) in [5.74, 6) is -2.03. The Labute approximate surface area is 181 Å². The minimum Gasteiger partial charge on any atom is -0.534 e. The van der Waals surface area contributed by atoms with Gasteiger partial charge in [-0.1, -0.05) is 32.0 Å². The second-order valence-corrected chi connectivity index (χ2v) is 7.95. The highest BCUT2D eigenvalue weighted by atomic mass is 16.5. The van der Waals surface area contributed by atoms with Crippen LogP contribution in [0, 0.1) is 0 Å². The number of hydrogen-bond donors (Lipinski definition) is 5. The highest BCUT2D eigenvalue weighted by Crippen LogP contribution is 2.30. The monoisotopic (exact) mass is 425 g/mol. The number of rotatable bonds is 8. The number of nitrogens with two attached hydrogens (primary N) is 1. The molecule has 2 aromatic carbocycles. The van der Waals surface area contributed by atoms with Crippen LogP contribution in [0.3, 0.4) is 0 Å². The second kappa shape index (κ2) is 9.95. The van der Waals surface area contributed by atoms with Crippen LogP contribution in [0.2, 0.25) is 0 Å². The van der Waals surface area contributed by atoms with Gasteiger partial charge in [0.1, 0.15) is 5.75 Å². The molecule has 0 saturated carbocycles. The van der Waals surface area contributed by atoms with Gasteiger partial charge in [0.2, 0.25) is 0 Å². The molecule has 1 amide bonds. The van der Waals surface area contributed by atoms with Gasteiger partial charge in [-0.15, -0.1) is 0 Å². The largest absolute Gasteiger partial charge is 0.547 e. The molecule has 1 heterocycles. The van der Waals surface area contributed by atoms with Crippen LogP contribution in [-0.4, -0.2) is 47.7 Å². The van der Waals surface area contributed by atoms with Crippen molar-refractivity contribution in [2.45, 2.75) is 45.2 Å².